The molecule has 27 heavy (non-hydrogen) atoms. The molecule has 2 fully saturated rings. The van der Waals surface area contributed by atoms with E-state index >= 15 is 0 Å². The van der Waals surface area contributed by atoms with Crippen LogP contribution in [0, 0.1) is 20.8 Å². The smallest absolute Gasteiger partial charge is 0.254 e. The third kappa shape index (κ3) is 3.27. The summed E-state index contributed by atoms with van der Waals surface area (Å²) >= 11 is 0. The molecule has 6 heteroatoms. The highest BCUT2D eigenvalue weighted by Crippen LogP contribution is 2.41. The van der Waals surface area contributed by atoms with E-state index in [9.17, 15) is 4.79 Å². The van der Waals surface area contributed by atoms with Crippen molar-refractivity contribution in [1.82, 2.24) is 19.9 Å². The monoisotopic (exact) mass is 368 g/mol. The van der Waals surface area contributed by atoms with Crippen LogP contribution in [0.3, 0.4) is 0 Å². The number of carbonyl (C=O) groups is 1. The number of hydrogen-bond donors (Lipinski definition) is 0. The maximum Gasteiger partial charge on any atom is 0.254 e. The molecule has 0 spiro atoms. The van der Waals surface area contributed by atoms with Crippen molar-refractivity contribution in [3.8, 4) is 0 Å². The van der Waals surface area contributed by atoms with Crippen molar-refractivity contribution in [3.05, 3.63) is 46.3 Å². The molecule has 2 aromatic rings. The van der Waals surface area contributed by atoms with Crippen LogP contribution in [0.4, 0.5) is 0 Å². The number of rotatable bonds is 4. The predicted octanol–water partition coefficient (Wildman–Crippen LogP) is 3.36. The van der Waals surface area contributed by atoms with E-state index in [2.05, 4.69) is 48.1 Å². The molecule has 2 unspecified atom stereocenters. The number of amides is 1. The lowest BCUT2D eigenvalue weighted by Crippen LogP contribution is -2.47. The maximum atomic E-state index is 13.4. The van der Waals surface area contributed by atoms with E-state index in [0.717, 1.165) is 48.1 Å². The molecule has 1 aromatic carbocycles. The van der Waals surface area contributed by atoms with Crippen LogP contribution in [-0.2, 0) is 11.3 Å². The predicted molar refractivity (Wildman–Crippen MR) is 103 cm³/mol. The van der Waals surface area contributed by atoms with Gasteiger partial charge in [-0.15, -0.1) is 5.10 Å². The summed E-state index contributed by atoms with van der Waals surface area (Å²) in [7, 11) is 1.67. The number of aryl methyl sites for hydroxylation is 3. The number of nitrogens with zero attached hydrogens (tertiary/aromatic N) is 4. The van der Waals surface area contributed by atoms with E-state index in [1.165, 1.54) is 5.56 Å². The molecule has 2 aliphatic heterocycles. The Hall–Kier alpha value is -2.21. The number of fused-ring (bicyclic) bond motifs is 2. The topological polar surface area (TPSA) is 60.2 Å². The quantitative estimate of drug-likeness (QED) is 0.830. The lowest BCUT2D eigenvalue weighted by molar-refractivity contribution is 0.0521. The van der Waals surface area contributed by atoms with Gasteiger partial charge in [-0.2, -0.15) is 0 Å². The summed E-state index contributed by atoms with van der Waals surface area (Å²) in [5.41, 5.74) is 5.12. The molecule has 2 saturated heterocycles. The Morgan fingerprint density at radius 3 is 2.33 bits per heavy atom. The van der Waals surface area contributed by atoms with Crippen LogP contribution in [0.1, 0.15) is 64.5 Å². The number of piperidine rings is 1. The van der Waals surface area contributed by atoms with E-state index in [4.69, 9.17) is 4.74 Å². The first-order valence-electron chi connectivity index (χ1n) is 9.78. The zero-order valence-corrected chi connectivity index (χ0v) is 16.6. The van der Waals surface area contributed by atoms with Crippen LogP contribution in [-0.4, -0.2) is 45.0 Å². The Morgan fingerprint density at radius 2 is 1.74 bits per heavy atom. The summed E-state index contributed by atoms with van der Waals surface area (Å²) in [6.45, 7) is 6.67. The van der Waals surface area contributed by atoms with Gasteiger partial charge in [-0.3, -0.25) is 4.79 Å². The largest absolute Gasteiger partial charge is 0.378 e. The van der Waals surface area contributed by atoms with Gasteiger partial charge in [0.1, 0.15) is 5.69 Å². The minimum absolute atomic E-state index is 0.203. The highest BCUT2D eigenvalue weighted by Gasteiger charge is 2.44. The van der Waals surface area contributed by atoms with E-state index in [1.807, 2.05) is 10.9 Å². The zero-order valence-electron chi connectivity index (χ0n) is 16.6. The maximum absolute atomic E-state index is 13.4. The van der Waals surface area contributed by atoms with Crippen molar-refractivity contribution in [2.45, 2.75) is 71.2 Å². The van der Waals surface area contributed by atoms with Crippen molar-refractivity contribution in [3.63, 3.8) is 0 Å². The molecule has 144 valence electrons. The van der Waals surface area contributed by atoms with Gasteiger partial charge in [0, 0.05) is 24.8 Å². The molecular weight excluding hydrogens is 340 g/mol. The summed E-state index contributed by atoms with van der Waals surface area (Å²) in [6.07, 6.45) is 6.04. The summed E-state index contributed by atoms with van der Waals surface area (Å²) < 4.78 is 7.12. The van der Waals surface area contributed by atoms with Crippen LogP contribution in [0.15, 0.2) is 18.3 Å². The average molecular weight is 368 g/mol. The number of hydrogen-bond acceptors (Lipinski definition) is 4. The second-order valence-corrected chi connectivity index (χ2v) is 8.12. The van der Waals surface area contributed by atoms with Gasteiger partial charge in [-0.1, -0.05) is 22.9 Å². The van der Waals surface area contributed by atoms with Gasteiger partial charge in [0.2, 0.25) is 0 Å². The molecular formula is C21H28N4O2. The molecule has 1 amide bonds. The van der Waals surface area contributed by atoms with Crippen LogP contribution in [0.25, 0.3) is 0 Å². The molecule has 4 rings (SSSR count). The van der Waals surface area contributed by atoms with Crippen molar-refractivity contribution >= 4 is 5.91 Å². The highest BCUT2D eigenvalue weighted by atomic mass is 16.5. The minimum Gasteiger partial charge on any atom is -0.378 e. The Morgan fingerprint density at radius 1 is 1.11 bits per heavy atom. The molecule has 2 atom stereocenters. The van der Waals surface area contributed by atoms with E-state index in [0.29, 0.717) is 12.6 Å². The number of carbonyl (C=O) groups excluding carboxylic acids is 1. The first kappa shape index (κ1) is 18.2. The van der Waals surface area contributed by atoms with Crippen LogP contribution in [0.5, 0.6) is 0 Å². The third-order valence-corrected chi connectivity index (χ3v) is 6.06. The van der Waals surface area contributed by atoms with Gasteiger partial charge in [-0.05, 0) is 57.6 Å². The van der Waals surface area contributed by atoms with Gasteiger partial charge in [0.25, 0.3) is 5.91 Å². The molecule has 2 bridgehead atoms. The van der Waals surface area contributed by atoms with Crippen molar-refractivity contribution in [2.75, 3.05) is 7.11 Å². The number of methoxy groups -OCH3 is 1. The SMILES string of the molecule is COCc1cn(C2CC3CCC(C2)N3C(=O)c2c(C)cc(C)cc2C)nn1. The Labute approximate surface area is 160 Å². The first-order valence-corrected chi connectivity index (χ1v) is 9.78. The van der Waals surface area contributed by atoms with Gasteiger partial charge < -0.3 is 9.64 Å². The molecule has 0 aliphatic carbocycles. The molecule has 1 aromatic heterocycles. The average Bonchev–Trinajstić information content (AvgIpc) is 3.16. The normalized spacial score (nSPS) is 24.4. The minimum atomic E-state index is 0.203. The fourth-order valence-corrected chi connectivity index (χ4v) is 5.05. The fourth-order valence-electron chi connectivity index (χ4n) is 5.05. The summed E-state index contributed by atoms with van der Waals surface area (Å²) in [5, 5.41) is 8.50. The zero-order chi connectivity index (χ0) is 19.1. The second kappa shape index (κ2) is 7.08. The summed E-state index contributed by atoms with van der Waals surface area (Å²) in [5.74, 6) is 0.203. The molecule has 0 N–H and O–H groups in total. The lowest BCUT2D eigenvalue weighted by atomic mass is 9.93. The second-order valence-electron chi connectivity index (χ2n) is 8.12. The highest BCUT2D eigenvalue weighted by molar-refractivity contribution is 5.97. The Kier molecular flexibility index (Phi) is 4.76. The molecule has 6 nitrogen and oxygen atoms in total. The van der Waals surface area contributed by atoms with Gasteiger partial charge in [-0.25, -0.2) is 4.68 Å². The Bertz CT molecular complexity index is 823. The summed E-state index contributed by atoms with van der Waals surface area (Å²) in [6, 6.07) is 5.11. The molecule has 0 saturated carbocycles. The number of benzene rings is 1. The van der Waals surface area contributed by atoms with Gasteiger partial charge in [0.05, 0.1) is 18.8 Å². The van der Waals surface area contributed by atoms with Crippen molar-refractivity contribution in [2.24, 2.45) is 0 Å². The summed E-state index contributed by atoms with van der Waals surface area (Å²) in [4.78, 5) is 15.6. The third-order valence-electron chi connectivity index (χ3n) is 6.06. The first-order chi connectivity index (χ1) is 13.0. The standard InChI is InChI=1S/C21H28N4O2/c1-13-7-14(2)20(15(3)8-13)21(26)25-17-5-6-18(25)10-19(9-17)24-11-16(12-27-4)22-23-24/h7-8,11,17-19H,5-6,9-10,12H2,1-4H3. The fraction of sp³-hybridized carbons (Fsp3) is 0.571. The van der Waals surface area contributed by atoms with Gasteiger partial charge in [0.15, 0.2) is 0 Å². The Balaban J connectivity index is 1.55. The van der Waals surface area contributed by atoms with Crippen LogP contribution in [0.2, 0.25) is 0 Å². The number of ether oxygens (including phenoxy) is 1. The molecule has 2 aliphatic rings. The number of aromatic nitrogens is 3. The van der Waals surface area contributed by atoms with E-state index < -0.39 is 0 Å². The van der Waals surface area contributed by atoms with Gasteiger partial charge >= 0.3 is 0 Å². The molecule has 0 radical (unpaired) electrons. The van der Waals surface area contributed by atoms with E-state index in [1.54, 1.807) is 7.11 Å². The molecule has 3 heterocycles. The van der Waals surface area contributed by atoms with Crippen LogP contribution < -0.4 is 0 Å². The lowest BCUT2D eigenvalue weighted by Gasteiger charge is -2.39. The van der Waals surface area contributed by atoms with E-state index in [-0.39, 0.29) is 18.0 Å². The van der Waals surface area contributed by atoms with Crippen molar-refractivity contribution in [1.29, 1.82) is 0 Å². The van der Waals surface area contributed by atoms with Crippen molar-refractivity contribution < 1.29 is 9.53 Å². The van der Waals surface area contributed by atoms with Crippen LogP contribution >= 0.6 is 0 Å².